The molecule has 1 amide bonds. The van der Waals surface area contributed by atoms with Crippen molar-refractivity contribution in [2.24, 2.45) is 0 Å². The monoisotopic (exact) mass is 448 g/mol. The van der Waals surface area contributed by atoms with Crippen molar-refractivity contribution in [2.45, 2.75) is 13.8 Å². The van der Waals surface area contributed by atoms with E-state index in [1.54, 1.807) is 12.1 Å². The zero-order chi connectivity index (χ0) is 23.4. The van der Waals surface area contributed by atoms with Gasteiger partial charge < -0.3 is 9.80 Å². The maximum absolute atomic E-state index is 12.2. The van der Waals surface area contributed by atoms with E-state index in [1.807, 2.05) is 11.0 Å². The minimum Gasteiger partial charge on any atom is -0.368 e. The van der Waals surface area contributed by atoms with E-state index in [2.05, 4.69) is 56.7 Å². The van der Waals surface area contributed by atoms with E-state index in [4.69, 9.17) is 0 Å². The summed E-state index contributed by atoms with van der Waals surface area (Å²) in [6.45, 7) is 6.70. The number of carbonyl (C=O) groups excluding carboxylic acids is 1. The van der Waals surface area contributed by atoms with Crippen molar-refractivity contribution in [2.75, 3.05) is 41.4 Å². The molecule has 0 unspecified atom stereocenters. The number of amides is 1. The molecule has 11 heteroatoms. The number of benzene rings is 1. The van der Waals surface area contributed by atoms with E-state index in [0.29, 0.717) is 26.2 Å². The summed E-state index contributed by atoms with van der Waals surface area (Å²) in [6.07, 6.45) is 2.73. The summed E-state index contributed by atoms with van der Waals surface area (Å²) in [6, 6.07) is 11.1. The molecule has 0 aliphatic carbocycles. The molecule has 11 nitrogen and oxygen atoms in total. The normalized spacial score (nSPS) is 13.5. The lowest BCUT2D eigenvalue weighted by Gasteiger charge is -2.37. The number of carbonyl (C=O) groups is 1. The van der Waals surface area contributed by atoms with Crippen LogP contribution in [0.1, 0.15) is 21.6 Å². The van der Waals surface area contributed by atoms with Gasteiger partial charge in [0.05, 0.1) is 4.92 Å². The Morgan fingerprint density at radius 2 is 1.76 bits per heavy atom. The molecule has 1 aliphatic rings. The molecule has 0 radical (unpaired) electrons. The van der Waals surface area contributed by atoms with Crippen molar-refractivity contribution in [1.82, 2.24) is 20.4 Å². The predicted molar refractivity (Wildman–Crippen MR) is 124 cm³/mol. The molecule has 4 rings (SSSR count). The summed E-state index contributed by atoms with van der Waals surface area (Å²) in [5.74, 6) is -0.413. The second kappa shape index (κ2) is 9.47. The third-order valence-electron chi connectivity index (χ3n) is 5.67. The Hall–Kier alpha value is -4.28. The largest absolute Gasteiger partial charge is 0.368 e. The first-order valence-electron chi connectivity index (χ1n) is 10.5. The molecule has 3 aromatic rings. The number of hydrogen-bond acceptors (Lipinski definition) is 9. The standard InChI is InChI=1S/C22H24N8O3/c1-15-6-5-8-18(16(15)2)28-10-12-29(13-11-28)21-19(30(32)33)20(24-14-25-21)26-27-22(31)17-7-3-4-9-23-17/h3-9,14H,10-13H2,1-2H3,(H,27,31)(H,24,25,26). The molecule has 1 aliphatic heterocycles. The quantitative estimate of drug-likeness (QED) is 0.431. The van der Waals surface area contributed by atoms with Crippen LogP contribution in [0.4, 0.5) is 23.0 Å². The summed E-state index contributed by atoms with van der Waals surface area (Å²) in [5, 5.41) is 11.9. The van der Waals surface area contributed by atoms with Crippen LogP contribution in [0.2, 0.25) is 0 Å². The van der Waals surface area contributed by atoms with Gasteiger partial charge in [0.25, 0.3) is 5.91 Å². The fraction of sp³-hybridized carbons (Fsp3) is 0.273. The Morgan fingerprint density at radius 1 is 1.00 bits per heavy atom. The fourth-order valence-electron chi connectivity index (χ4n) is 3.77. The first-order chi connectivity index (χ1) is 16.0. The van der Waals surface area contributed by atoms with Crippen LogP contribution in [-0.4, -0.2) is 52.0 Å². The van der Waals surface area contributed by atoms with E-state index in [9.17, 15) is 14.9 Å². The van der Waals surface area contributed by atoms with E-state index in [0.717, 1.165) is 0 Å². The van der Waals surface area contributed by atoms with Crippen LogP contribution in [0.3, 0.4) is 0 Å². The van der Waals surface area contributed by atoms with Crippen molar-refractivity contribution in [3.05, 3.63) is 75.9 Å². The molecule has 33 heavy (non-hydrogen) atoms. The van der Waals surface area contributed by atoms with Crippen LogP contribution >= 0.6 is 0 Å². The van der Waals surface area contributed by atoms with Crippen LogP contribution in [0.25, 0.3) is 0 Å². The maximum atomic E-state index is 12.2. The van der Waals surface area contributed by atoms with Gasteiger partial charge in [-0.15, -0.1) is 0 Å². The maximum Gasteiger partial charge on any atom is 0.355 e. The zero-order valence-corrected chi connectivity index (χ0v) is 18.4. The molecular formula is C22H24N8O3. The predicted octanol–water partition coefficient (Wildman–Crippen LogP) is 2.48. The van der Waals surface area contributed by atoms with Gasteiger partial charge in [-0.05, 0) is 43.2 Å². The number of aromatic nitrogens is 3. The third kappa shape index (κ3) is 4.66. The molecule has 0 saturated carbocycles. The number of pyridine rings is 1. The Bertz CT molecular complexity index is 1160. The van der Waals surface area contributed by atoms with Crippen molar-refractivity contribution in [3.8, 4) is 0 Å². The van der Waals surface area contributed by atoms with Gasteiger partial charge in [0, 0.05) is 38.1 Å². The summed E-state index contributed by atoms with van der Waals surface area (Å²) in [4.78, 5) is 39.8. The van der Waals surface area contributed by atoms with Gasteiger partial charge in [0.1, 0.15) is 12.0 Å². The van der Waals surface area contributed by atoms with E-state index >= 15 is 0 Å². The molecule has 170 valence electrons. The van der Waals surface area contributed by atoms with Crippen LogP contribution < -0.4 is 20.7 Å². The Labute approximate surface area is 190 Å². The lowest BCUT2D eigenvalue weighted by molar-refractivity contribution is -0.383. The van der Waals surface area contributed by atoms with Gasteiger partial charge in [-0.3, -0.25) is 30.7 Å². The highest BCUT2D eigenvalue weighted by molar-refractivity contribution is 5.93. The van der Waals surface area contributed by atoms with Crippen molar-refractivity contribution in [1.29, 1.82) is 0 Å². The molecule has 0 atom stereocenters. The van der Waals surface area contributed by atoms with Crippen molar-refractivity contribution >= 4 is 28.9 Å². The van der Waals surface area contributed by atoms with Gasteiger partial charge in [0.15, 0.2) is 0 Å². The summed E-state index contributed by atoms with van der Waals surface area (Å²) < 4.78 is 0. The summed E-state index contributed by atoms with van der Waals surface area (Å²) in [5.41, 5.74) is 8.47. The number of hydrogen-bond donors (Lipinski definition) is 2. The molecule has 2 aromatic heterocycles. The Morgan fingerprint density at radius 3 is 2.45 bits per heavy atom. The number of hydrazine groups is 1. The number of nitrogens with one attached hydrogen (secondary N) is 2. The topological polar surface area (TPSA) is 129 Å². The van der Waals surface area contributed by atoms with Gasteiger partial charge in [-0.25, -0.2) is 9.97 Å². The van der Waals surface area contributed by atoms with E-state index < -0.39 is 10.8 Å². The Kier molecular flexibility index (Phi) is 6.29. The average molecular weight is 448 g/mol. The number of nitro groups is 1. The molecule has 0 spiro atoms. The van der Waals surface area contributed by atoms with Gasteiger partial charge in [-0.2, -0.15) is 0 Å². The minimum absolute atomic E-state index is 0.0914. The number of rotatable bonds is 6. The lowest BCUT2D eigenvalue weighted by Crippen LogP contribution is -2.47. The second-order valence-corrected chi connectivity index (χ2v) is 7.64. The van der Waals surface area contributed by atoms with Gasteiger partial charge >= 0.3 is 5.69 Å². The molecule has 1 fully saturated rings. The van der Waals surface area contributed by atoms with Crippen molar-refractivity contribution < 1.29 is 9.72 Å². The average Bonchev–Trinajstić information content (AvgIpc) is 2.84. The highest BCUT2D eigenvalue weighted by Gasteiger charge is 2.30. The highest BCUT2D eigenvalue weighted by atomic mass is 16.6. The fourth-order valence-corrected chi connectivity index (χ4v) is 3.77. The van der Waals surface area contributed by atoms with E-state index in [1.165, 1.54) is 35.4 Å². The van der Waals surface area contributed by atoms with Crippen LogP contribution in [0.5, 0.6) is 0 Å². The molecule has 3 heterocycles. The third-order valence-corrected chi connectivity index (χ3v) is 5.67. The molecule has 1 aromatic carbocycles. The SMILES string of the molecule is Cc1cccc(N2CCN(c3ncnc(NNC(=O)c4ccccn4)c3[N+](=O)[O-])CC2)c1C. The Balaban J connectivity index is 1.50. The molecular weight excluding hydrogens is 424 g/mol. The summed E-state index contributed by atoms with van der Waals surface area (Å²) in [7, 11) is 0. The van der Waals surface area contributed by atoms with Gasteiger partial charge in [0.2, 0.25) is 11.6 Å². The number of piperazine rings is 1. The molecule has 0 bridgehead atoms. The summed E-state index contributed by atoms with van der Waals surface area (Å²) >= 11 is 0. The van der Waals surface area contributed by atoms with Crippen LogP contribution in [-0.2, 0) is 0 Å². The number of anilines is 3. The first kappa shape index (κ1) is 21.9. The first-order valence-corrected chi connectivity index (χ1v) is 10.5. The van der Waals surface area contributed by atoms with Gasteiger partial charge in [-0.1, -0.05) is 18.2 Å². The lowest BCUT2D eigenvalue weighted by atomic mass is 10.1. The zero-order valence-electron chi connectivity index (χ0n) is 18.4. The smallest absolute Gasteiger partial charge is 0.355 e. The second-order valence-electron chi connectivity index (χ2n) is 7.64. The van der Waals surface area contributed by atoms with Crippen molar-refractivity contribution in [3.63, 3.8) is 0 Å². The highest BCUT2D eigenvalue weighted by Crippen LogP contribution is 2.33. The van der Waals surface area contributed by atoms with Crippen LogP contribution in [0, 0.1) is 24.0 Å². The molecule has 1 saturated heterocycles. The van der Waals surface area contributed by atoms with E-state index in [-0.39, 0.29) is 23.0 Å². The number of nitrogens with zero attached hydrogens (tertiary/aromatic N) is 6. The molecule has 2 N–H and O–H groups in total. The number of aryl methyl sites for hydroxylation is 1. The van der Waals surface area contributed by atoms with Crippen LogP contribution in [0.15, 0.2) is 48.9 Å². The minimum atomic E-state index is -0.540.